The van der Waals surface area contributed by atoms with Gasteiger partial charge in [-0.05, 0) is 19.2 Å². The van der Waals surface area contributed by atoms with E-state index in [1.807, 2.05) is 0 Å². The zero-order valence-electron chi connectivity index (χ0n) is 10.6. The zero-order chi connectivity index (χ0) is 14.5. The Bertz CT molecular complexity index is 544. The lowest BCUT2D eigenvalue weighted by atomic mass is 10.2. The second-order valence-electron chi connectivity index (χ2n) is 3.61. The highest BCUT2D eigenvalue weighted by Gasteiger charge is 2.22. The van der Waals surface area contributed by atoms with E-state index < -0.39 is 28.6 Å². The Labute approximate surface area is 111 Å². The van der Waals surface area contributed by atoms with Crippen LogP contribution in [0.2, 0.25) is 0 Å². The number of aliphatic hydroxyl groups is 1. The number of nitrogens with one attached hydrogen (secondary N) is 2. The Kier molecular flexibility index (Phi) is 5.28. The molecule has 0 aliphatic heterocycles. The number of esters is 1. The lowest BCUT2D eigenvalue weighted by Crippen LogP contribution is -2.35. The Hall–Kier alpha value is -1.64. The molecule has 1 atom stereocenters. The van der Waals surface area contributed by atoms with Crippen molar-refractivity contribution in [1.82, 2.24) is 4.72 Å². The molecule has 0 saturated heterocycles. The van der Waals surface area contributed by atoms with E-state index in [4.69, 9.17) is 5.11 Å². The SMILES string of the molecule is CNS(=O)(=O)c1ccccc1NC(CO)C(=O)OC. The summed E-state index contributed by atoms with van der Waals surface area (Å²) in [7, 11) is -1.19. The van der Waals surface area contributed by atoms with Crippen LogP contribution < -0.4 is 10.0 Å². The molecule has 0 radical (unpaired) electrons. The van der Waals surface area contributed by atoms with Gasteiger partial charge in [-0.1, -0.05) is 12.1 Å². The van der Waals surface area contributed by atoms with Gasteiger partial charge in [0.2, 0.25) is 10.0 Å². The van der Waals surface area contributed by atoms with Crippen molar-refractivity contribution < 1.29 is 23.1 Å². The Balaban J connectivity index is 3.12. The van der Waals surface area contributed by atoms with Crippen molar-refractivity contribution in [3.63, 3.8) is 0 Å². The highest BCUT2D eigenvalue weighted by Crippen LogP contribution is 2.21. The smallest absolute Gasteiger partial charge is 0.330 e. The average molecular weight is 288 g/mol. The summed E-state index contributed by atoms with van der Waals surface area (Å²) in [5.41, 5.74) is 0.210. The fourth-order valence-corrected chi connectivity index (χ4v) is 2.33. The molecule has 1 aromatic carbocycles. The van der Waals surface area contributed by atoms with Gasteiger partial charge >= 0.3 is 5.97 Å². The van der Waals surface area contributed by atoms with E-state index in [1.165, 1.54) is 26.3 Å². The Morgan fingerprint density at radius 1 is 1.42 bits per heavy atom. The fourth-order valence-electron chi connectivity index (χ4n) is 1.44. The maximum atomic E-state index is 11.8. The molecule has 0 heterocycles. The van der Waals surface area contributed by atoms with Gasteiger partial charge in [0.1, 0.15) is 10.9 Å². The predicted molar refractivity (Wildman–Crippen MR) is 69.2 cm³/mol. The summed E-state index contributed by atoms with van der Waals surface area (Å²) in [5.74, 6) is -0.681. The van der Waals surface area contributed by atoms with Crippen molar-refractivity contribution >= 4 is 21.7 Å². The van der Waals surface area contributed by atoms with E-state index in [-0.39, 0.29) is 10.6 Å². The third-order valence-electron chi connectivity index (χ3n) is 2.44. The van der Waals surface area contributed by atoms with Crippen LogP contribution in [0.3, 0.4) is 0 Å². The molecule has 0 saturated carbocycles. The number of methoxy groups -OCH3 is 1. The van der Waals surface area contributed by atoms with Gasteiger partial charge in [-0.25, -0.2) is 17.9 Å². The van der Waals surface area contributed by atoms with Gasteiger partial charge in [0.25, 0.3) is 0 Å². The van der Waals surface area contributed by atoms with E-state index in [0.29, 0.717) is 0 Å². The number of hydrogen-bond donors (Lipinski definition) is 3. The number of ether oxygens (including phenoxy) is 1. The van der Waals surface area contributed by atoms with Crippen LogP contribution in [0.1, 0.15) is 0 Å². The number of hydrogen-bond acceptors (Lipinski definition) is 6. The van der Waals surface area contributed by atoms with Gasteiger partial charge in [-0.3, -0.25) is 0 Å². The molecular formula is C11H16N2O5S. The van der Waals surface area contributed by atoms with E-state index in [0.717, 1.165) is 0 Å². The minimum absolute atomic E-state index is 0.0140. The molecule has 1 unspecified atom stereocenters. The molecule has 0 spiro atoms. The molecule has 19 heavy (non-hydrogen) atoms. The number of anilines is 1. The molecule has 1 aromatic rings. The number of aliphatic hydroxyl groups excluding tert-OH is 1. The van der Waals surface area contributed by atoms with Crippen LogP contribution in [-0.4, -0.2) is 46.3 Å². The van der Waals surface area contributed by atoms with Gasteiger partial charge in [0.15, 0.2) is 0 Å². The van der Waals surface area contributed by atoms with Gasteiger partial charge in [-0.15, -0.1) is 0 Å². The van der Waals surface area contributed by atoms with Gasteiger partial charge < -0.3 is 15.2 Å². The monoisotopic (exact) mass is 288 g/mol. The van der Waals surface area contributed by atoms with Crippen molar-refractivity contribution in [2.75, 3.05) is 26.1 Å². The highest BCUT2D eigenvalue weighted by atomic mass is 32.2. The van der Waals surface area contributed by atoms with E-state index in [9.17, 15) is 13.2 Å². The minimum Gasteiger partial charge on any atom is -0.467 e. The summed E-state index contributed by atoms with van der Waals surface area (Å²) in [6, 6.07) is 5.03. The normalized spacial score (nSPS) is 12.8. The molecule has 0 aliphatic rings. The summed E-state index contributed by atoms with van der Waals surface area (Å²) < 4.78 is 30.3. The topological polar surface area (TPSA) is 105 Å². The third kappa shape index (κ3) is 3.66. The van der Waals surface area contributed by atoms with Gasteiger partial charge in [-0.2, -0.15) is 0 Å². The molecule has 0 aromatic heterocycles. The van der Waals surface area contributed by atoms with Crippen molar-refractivity contribution in [2.45, 2.75) is 10.9 Å². The van der Waals surface area contributed by atoms with Crippen LogP contribution in [0.15, 0.2) is 29.2 Å². The summed E-state index contributed by atoms with van der Waals surface area (Å²) in [4.78, 5) is 11.4. The van der Waals surface area contributed by atoms with Crippen molar-refractivity contribution in [1.29, 1.82) is 0 Å². The molecule has 8 heteroatoms. The first kappa shape index (κ1) is 15.4. The van der Waals surface area contributed by atoms with Crippen LogP contribution in [-0.2, 0) is 19.6 Å². The summed E-state index contributed by atoms with van der Waals surface area (Å²) >= 11 is 0. The number of carbonyl (C=O) groups excluding carboxylic acids is 1. The maximum absolute atomic E-state index is 11.8. The fraction of sp³-hybridized carbons (Fsp3) is 0.364. The van der Waals surface area contributed by atoms with E-state index in [2.05, 4.69) is 14.8 Å². The number of para-hydroxylation sites is 1. The van der Waals surface area contributed by atoms with Crippen LogP contribution in [0.25, 0.3) is 0 Å². The molecule has 106 valence electrons. The standard InChI is InChI=1S/C11H16N2O5S/c1-12-19(16,17)10-6-4-3-5-8(10)13-9(7-14)11(15)18-2/h3-6,9,12-14H,7H2,1-2H3. The second kappa shape index (κ2) is 6.50. The van der Waals surface area contributed by atoms with Crippen LogP contribution in [0.5, 0.6) is 0 Å². The molecule has 0 aliphatic carbocycles. The molecule has 0 bridgehead atoms. The van der Waals surface area contributed by atoms with Crippen LogP contribution in [0.4, 0.5) is 5.69 Å². The number of carbonyl (C=O) groups is 1. The molecule has 3 N–H and O–H groups in total. The summed E-state index contributed by atoms with van der Waals surface area (Å²) in [6.07, 6.45) is 0. The summed E-state index contributed by atoms with van der Waals surface area (Å²) in [5, 5.41) is 11.8. The van der Waals surface area contributed by atoms with Crippen molar-refractivity contribution in [3.05, 3.63) is 24.3 Å². The quantitative estimate of drug-likeness (QED) is 0.612. The first-order chi connectivity index (χ1) is 8.96. The zero-order valence-corrected chi connectivity index (χ0v) is 11.4. The molecule has 0 amide bonds. The second-order valence-corrected chi connectivity index (χ2v) is 5.46. The van der Waals surface area contributed by atoms with Crippen molar-refractivity contribution in [2.24, 2.45) is 0 Å². The van der Waals surface area contributed by atoms with Crippen LogP contribution in [0, 0.1) is 0 Å². The number of rotatable bonds is 6. The first-order valence-corrected chi connectivity index (χ1v) is 6.92. The molecule has 7 nitrogen and oxygen atoms in total. The molecular weight excluding hydrogens is 272 g/mol. The largest absolute Gasteiger partial charge is 0.467 e. The minimum atomic E-state index is -3.66. The van der Waals surface area contributed by atoms with Crippen molar-refractivity contribution in [3.8, 4) is 0 Å². The predicted octanol–water partition coefficient (Wildman–Crippen LogP) is -0.459. The van der Waals surface area contributed by atoms with E-state index >= 15 is 0 Å². The Morgan fingerprint density at radius 2 is 2.05 bits per heavy atom. The highest BCUT2D eigenvalue weighted by molar-refractivity contribution is 7.89. The third-order valence-corrected chi connectivity index (χ3v) is 3.92. The van der Waals surface area contributed by atoms with Crippen LogP contribution >= 0.6 is 0 Å². The lowest BCUT2D eigenvalue weighted by molar-refractivity contribution is -0.142. The Morgan fingerprint density at radius 3 is 2.58 bits per heavy atom. The van der Waals surface area contributed by atoms with Gasteiger partial charge in [0.05, 0.1) is 19.4 Å². The number of sulfonamides is 1. The maximum Gasteiger partial charge on any atom is 0.330 e. The summed E-state index contributed by atoms with van der Waals surface area (Å²) in [6.45, 7) is -0.513. The number of benzene rings is 1. The van der Waals surface area contributed by atoms with Gasteiger partial charge in [0, 0.05) is 0 Å². The average Bonchev–Trinajstić information content (AvgIpc) is 2.44. The lowest BCUT2D eigenvalue weighted by Gasteiger charge is -2.17. The molecule has 1 rings (SSSR count). The van der Waals surface area contributed by atoms with E-state index in [1.54, 1.807) is 12.1 Å². The first-order valence-electron chi connectivity index (χ1n) is 5.44. The molecule has 0 fully saturated rings.